The van der Waals surface area contributed by atoms with Crippen LogP contribution in [0.3, 0.4) is 0 Å². The number of carbonyl (C=O) groups excluding carboxylic acids is 1. The number of piperazine rings is 1. The zero-order valence-electron chi connectivity index (χ0n) is 18.2. The van der Waals surface area contributed by atoms with E-state index in [2.05, 4.69) is 85.3 Å². The van der Waals surface area contributed by atoms with Gasteiger partial charge in [-0.1, -0.05) is 30.3 Å². The standard InChI is InChI=1S/C24H34N4O/c1-5-26(6-2)22-12-13-23(19(3)18-22)25-24(29)28-16-14-27(15-17-28)20(4)21-10-8-7-9-11-21/h7-13,18,20H,5-6,14-17H2,1-4H3,(H,25,29). The van der Waals surface area contributed by atoms with Crippen LogP contribution in [0.2, 0.25) is 0 Å². The maximum Gasteiger partial charge on any atom is 0.321 e. The minimum absolute atomic E-state index is 0.00398. The van der Waals surface area contributed by atoms with E-state index in [0.29, 0.717) is 6.04 Å². The number of rotatable bonds is 6. The van der Waals surface area contributed by atoms with Gasteiger partial charge in [0.1, 0.15) is 0 Å². The zero-order chi connectivity index (χ0) is 20.8. The maximum atomic E-state index is 12.8. The zero-order valence-corrected chi connectivity index (χ0v) is 18.2. The van der Waals surface area contributed by atoms with Gasteiger partial charge >= 0.3 is 6.03 Å². The molecule has 1 aliphatic rings. The average molecular weight is 395 g/mol. The van der Waals surface area contributed by atoms with Crippen LogP contribution in [-0.2, 0) is 0 Å². The first-order valence-corrected chi connectivity index (χ1v) is 10.7. The Kier molecular flexibility index (Phi) is 7.15. The van der Waals surface area contributed by atoms with Crippen LogP contribution in [0.25, 0.3) is 0 Å². The van der Waals surface area contributed by atoms with E-state index in [9.17, 15) is 4.79 Å². The third-order valence-electron chi connectivity index (χ3n) is 6.01. The molecule has 0 saturated carbocycles. The van der Waals surface area contributed by atoms with Gasteiger partial charge in [-0.15, -0.1) is 0 Å². The van der Waals surface area contributed by atoms with Crippen molar-refractivity contribution in [1.29, 1.82) is 0 Å². The number of carbonyl (C=O) groups is 1. The highest BCUT2D eigenvalue weighted by Crippen LogP contribution is 2.24. The first-order chi connectivity index (χ1) is 14.0. The maximum absolute atomic E-state index is 12.8. The molecule has 0 aromatic heterocycles. The molecule has 2 aromatic rings. The molecule has 0 bridgehead atoms. The second-order valence-corrected chi connectivity index (χ2v) is 7.71. The molecule has 0 aliphatic carbocycles. The van der Waals surface area contributed by atoms with Gasteiger partial charge in [0.05, 0.1) is 0 Å². The van der Waals surface area contributed by atoms with Gasteiger partial charge in [-0.2, -0.15) is 0 Å². The number of anilines is 2. The summed E-state index contributed by atoms with van der Waals surface area (Å²) in [6.07, 6.45) is 0. The fourth-order valence-corrected chi connectivity index (χ4v) is 4.02. The molecule has 5 heteroatoms. The predicted molar refractivity (Wildman–Crippen MR) is 122 cm³/mol. The summed E-state index contributed by atoms with van der Waals surface area (Å²) in [6.45, 7) is 13.9. The number of urea groups is 1. The van der Waals surface area contributed by atoms with E-state index in [1.165, 1.54) is 11.3 Å². The van der Waals surface area contributed by atoms with Crippen LogP contribution in [-0.4, -0.2) is 55.1 Å². The fourth-order valence-electron chi connectivity index (χ4n) is 4.02. The van der Waals surface area contributed by atoms with Crippen molar-refractivity contribution < 1.29 is 4.79 Å². The number of nitrogens with one attached hydrogen (secondary N) is 1. The Morgan fingerprint density at radius 3 is 2.28 bits per heavy atom. The third-order valence-corrected chi connectivity index (χ3v) is 6.01. The van der Waals surface area contributed by atoms with E-state index in [4.69, 9.17) is 0 Å². The van der Waals surface area contributed by atoms with E-state index in [0.717, 1.165) is 50.5 Å². The molecule has 1 saturated heterocycles. The molecule has 1 fully saturated rings. The molecule has 5 nitrogen and oxygen atoms in total. The number of hydrogen-bond acceptors (Lipinski definition) is 3. The second kappa shape index (κ2) is 9.79. The van der Waals surface area contributed by atoms with E-state index in [-0.39, 0.29) is 6.03 Å². The summed E-state index contributed by atoms with van der Waals surface area (Å²) in [5, 5.41) is 3.11. The molecule has 1 aliphatic heterocycles. The summed E-state index contributed by atoms with van der Waals surface area (Å²) in [6, 6.07) is 17.2. The van der Waals surface area contributed by atoms with Crippen molar-refractivity contribution in [2.75, 3.05) is 49.5 Å². The van der Waals surface area contributed by atoms with E-state index < -0.39 is 0 Å². The van der Waals surface area contributed by atoms with Crippen LogP contribution in [0, 0.1) is 6.92 Å². The molecular formula is C24H34N4O. The SMILES string of the molecule is CCN(CC)c1ccc(NC(=O)N2CCN(C(C)c3ccccc3)CC2)c(C)c1. The number of benzene rings is 2. The molecule has 3 rings (SSSR count). The van der Waals surface area contributed by atoms with Gasteiger partial charge in [0, 0.05) is 56.7 Å². The summed E-state index contributed by atoms with van der Waals surface area (Å²) < 4.78 is 0. The molecule has 1 unspecified atom stereocenters. The lowest BCUT2D eigenvalue weighted by Crippen LogP contribution is -2.50. The van der Waals surface area contributed by atoms with Crippen LogP contribution in [0.15, 0.2) is 48.5 Å². The average Bonchev–Trinajstić information content (AvgIpc) is 2.76. The van der Waals surface area contributed by atoms with Crippen molar-refractivity contribution in [2.24, 2.45) is 0 Å². The van der Waals surface area contributed by atoms with Gasteiger partial charge < -0.3 is 15.1 Å². The normalized spacial score (nSPS) is 15.8. The van der Waals surface area contributed by atoms with Gasteiger partial charge in [0.25, 0.3) is 0 Å². The van der Waals surface area contributed by atoms with Crippen LogP contribution < -0.4 is 10.2 Å². The molecule has 2 amide bonds. The van der Waals surface area contributed by atoms with Gasteiger partial charge in [-0.3, -0.25) is 4.90 Å². The Morgan fingerprint density at radius 2 is 1.69 bits per heavy atom. The molecule has 0 spiro atoms. The Hall–Kier alpha value is -2.53. The summed E-state index contributed by atoms with van der Waals surface area (Å²) in [5.41, 5.74) is 4.52. The minimum Gasteiger partial charge on any atom is -0.372 e. The molecule has 1 atom stereocenters. The van der Waals surface area contributed by atoms with Crippen molar-refractivity contribution in [1.82, 2.24) is 9.80 Å². The Bertz CT molecular complexity index is 796. The van der Waals surface area contributed by atoms with E-state index in [1.807, 2.05) is 11.0 Å². The molecule has 1 heterocycles. The highest BCUT2D eigenvalue weighted by atomic mass is 16.2. The summed E-state index contributed by atoms with van der Waals surface area (Å²) in [5.74, 6) is 0. The first kappa shape index (κ1) is 21.2. The van der Waals surface area contributed by atoms with Gasteiger partial charge in [0.15, 0.2) is 0 Å². The molecule has 156 valence electrons. The number of aryl methyl sites for hydroxylation is 1. The lowest BCUT2D eigenvalue weighted by atomic mass is 10.1. The Labute approximate surface area is 175 Å². The van der Waals surface area contributed by atoms with Crippen molar-refractivity contribution in [3.63, 3.8) is 0 Å². The Morgan fingerprint density at radius 1 is 1.03 bits per heavy atom. The second-order valence-electron chi connectivity index (χ2n) is 7.71. The van der Waals surface area contributed by atoms with E-state index in [1.54, 1.807) is 0 Å². The summed E-state index contributed by atoms with van der Waals surface area (Å²) in [4.78, 5) is 19.5. The van der Waals surface area contributed by atoms with Crippen LogP contribution >= 0.6 is 0 Å². The number of hydrogen-bond donors (Lipinski definition) is 1. The van der Waals surface area contributed by atoms with Crippen molar-refractivity contribution >= 4 is 17.4 Å². The largest absolute Gasteiger partial charge is 0.372 e. The fraction of sp³-hybridized carbons (Fsp3) is 0.458. The third kappa shape index (κ3) is 5.10. The molecule has 1 N–H and O–H groups in total. The van der Waals surface area contributed by atoms with Crippen molar-refractivity contribution in [3.05, 3.63) is 59.7 Å². The smallest absolute Gasteiger partial charge is 0.321 e. The van der Waals surface area contributed by atoms with Gasteiger partial charge in [-0.05, 0) is 57.0 Å². The minimum atomic E-state index is -0.00398. The van der Waals surface area contributed by atoms with Gasteiger partial charge in [-0.25, -0.2) is 4.79 Å². The molecule has 29 heavy (non-hydrogen) atoms. The van der Waals surface area contributed by atoms with Gasteiger partial charge in [0.2, 0.25) is 0 Å². The van der Waals surface area contributed by atoms with Crippen molar-refractivity contribution in [3.8, 4) is 0 Å². The monoisotopic (exact) mass is 394 g/mol. The lowest BCUT2D eigenvalue weighted by Gasteiger charge is -2.38. The summed E-state index contributed by atoms with van der Waals surface area (Å²) >= 11 is 0. The predicted octanol–water partition coefficient (Wildman–Crippen LogP) is 4.75. The quantitative estimate of drug-likeness (QED) is 0.768. The molecule has 2 aromatic carbocycles. The van der Waals surface area contributed by atoms with Crippen LogP contribution in [0.5, 0.6) is 0 Å². The molecule has 0 radical (unpaired) electrons. The number of amides is 2. The van der Waals surface area contributed by atoms with Crippen LogP contribution in [0.1, 0.15) is 37.9 Å². The van der Waals surface area contributed by atoms with Crippen LogP contribution in [0.4, 0.5) is 16.2 Å². The highest BCUT2D eigenvalue weighted by molar-refractivity contribution is 5.90. The Balaban J connectivity index is 1.56. The molecular weight excluding hydrogens is 360 g/mol. The highest BCUT2D eigenvalue weighted by Gasteiger charge is 2.25. The number of nitrogens with zero attached hydrogens (tertiary/aromatic N) is 3. The lowest BCUT2D eigenvalue weighted by molar-refractivity contribution is 0.119. The summed E-state index contributed by atoms with van der Waals surface area (Å²) in [7, 11) is 0. The first-order valence-electron chi connectivity index (χ1n) is 10.7. The topological polar surface area (TPSA) is 38.8 Å². The van der Waals surface area contributed by atoms with Crippen molar-refractivity contribution in [2.45, 2.75) is 33.7 Å². The van der Waals surface area contributed by atoms with E-state index >= 15 is 0 Å².